The third-order valence-corrected chi connectivity index (χ3v) is 8.67. The first-order chi connectivity index (χ1) is 18.5. The predicted molar refractivity (Wildman–Crippen MR) is 150 cm³/mol. The molecule has 0 aromatic heterocycles. The first-order valence-corrected chi connectivity index (χ1v) is 14.0. The molecule has 0 aliphatic carbocycles. The van der Waals surface area contributed by atoms with E-state index in [2.05, 4.69) is 73.7 Å². The van der Waals surface area contributed by atoms with Gasteiger partial charge in [0.15, 0.2) is 0 Å². The van der Waals surface area contributed by atoms with Crippen LogP contribution < -0.4 is 0 Å². The summed E-state index contributed by atoms with van der Waals surface area (Å²) < 4.78 is 10.5. The van der Waals surface area contributed by atoms with Crippen LogP contribution in [-0.2, 0) is 30.9 Å². The van der Waals surface area contributed by atoms with Crippen LogP contribution in [-0.4, -0.2) is 50.2 Å². The maximum absolute atomic E-state index is 13.6. The average Bonchev–Trinajstić information content (AvgIpc) is 2.94. The van der Waals surface area contributed by atoms with Gasteiger partial charge in [-0.1, -0.05) is 80.1 Å². The van der Waals surface area contributed by atoms with Crippen molar-refractivity contribution in [3.8, 4) is 0 Å². The number of fused-ring (bicyclic) bond motifs is 1. The summed E-state index contributed by atoms with van der Waals surface area (Å²) in [6, 6.07) is 24.0. The van der Waals surface area contributed by atoms with E-state index < -0.39 is 5.41 Å². The Balaban J connectivity index is 1.17. The highest BCUT2D eigenvalue weighted by Gasteiger charge is 2.48. The molecule has 1 atom stereocenters. The number of unbranched alkanes of at least 4 members (excludes halogenated alkanes) is 1. The number of rotatable bonds is 9. The highest BCUT2D eigenvalue weighted by molar-refractivity contribution is 5.90. The molecule has 2 fully saturated rings. The van der Waals surface area contributed by atoms with Crippen LogP contribution in [0.15, 0.2) is 66.7 Å². The molecule has 0 bridgehead atoms. The Hall–Kier alpha value is -3.18. The van der Waals surface area contributed by atoms with Crippen LogP contribution in [0.1, 0.15) is 61.6 Å². The Morgan fingerprint density at radius 1 is 0.974 bits per heavy atom. The summed E-state index contributed by atoms with van der Waals surface area (Å²) in [4.78, 5) is 27.3. The number of likely N-dealkylation sites (tertiary alicyclic amines) is 1. The van der Waals surface area contributed by atoms with Crippen molar-refractivity contribution in [2.45, 2.75) is 56.8 Å². The minimum absolute atomic E-state index is 0.121. The standard InChI is InChI=1S/C33H39NO4/c1-24(29-13-7-11-26-10-5-6-12-30(26)29)8-3-4-9-25-14-16-28(17-15-25)33(18-20-38-21-19-33)32(36)34-22-27(23-34)31(35)37-2/h5-7,10-17,24,27H,3-4,8-9,18-23H2,1-2H3/t24-/m0/s1. The number of hydrogen-bond acceptors (Lipinski definition) is 4. The number of carbonyl (C=O) groups excluding carboxylic acids is 2. The van der Waals surface area contributed by atoms with E-state index in [9.17, 15) is 9.59 Å². The number of hydrogen-bond donors (Lipinski definition) is 0. The Morgan fingerprint density at radius 2 is 1.68 bits per heavy atom. The van der Waals surface area contributed by atoms with E-state index >= 15 is 0 Å². The minimum atomic E-state index is -0.564. The lowest BCUT2D eigenvalue weighted by Crippen LogP contribution is -2.59. The fourth-order valence-corrected chi connectivity index (χ4v) is 6.21. The SMILES string of the molecule is COC(=O)C1CN(C(=O)C2(c3ccc(CCCC[C@H](C)c4cccc5ccccc45)cc3)CCOCC2)C1. The molecule has 2 heterocycles. The van der Waals surface area contributed by atoms with Crippen LogP contribution in [0.5, 0.6) is 0 Å². The average molecular weight is 514 g/mol. The second-order valence-corrected chi connectivity index (χ2v) is 11.0. The smallest absolute Gasteiger partial charge is 0.312 e. The van der Waals surface area contributed by atoms with Gasteiger partial charge in [0, 0.05) is 26.3 Å². The normalized spacial score (nSPS) is 18.1. The zero-order valence-electron chi connectivity index (χ0n) is 22.7. The number of nitrogens with zero attached hydrogens (tertiary/aromatic N) is 1. The molecule has 0 N–H and O–H groups in total. The summed E-state index contributed by atoms with van der Waals surface area (Å²) >= 11 is 0. The van der Waals surface area contributed by atoms with Gasteiger partial charge in [-0.2, -0.15) is 0 Å². The van der Waals surface area contributed by atoms with Crippen molar-refractivity contribution < 1.29 is 19.1 Å². The molecule has 3 aromatic rings. The first kappa shape index (κ1) is 26.4. The van der Waals surface area contributed by atoms with E-state index in [1.54, 1.807) is 0 Å². The van der Waals surface area contributed by atoms with Gasteiger partial charge in [-0.15, -0.1) is 0 Å². The lowest BCUT2D eigenvalue weighted by molar-refractivity contribution is -0.159. The van der Waals surface area contributed by atoms with Gasteiger partial charge in [-0.3, -0.25) is 9.59 Å². The van der Waals surface area contributed by atoms with E-state index in [-0.39, 0.29) is 17.8 Å². The number of methoxy groups -OCH3 is 1. The molecule has 0 unspecified atom stereocenters. The molecule has 0 spiro atoms. The summed E-state index contributed by atoms with van der Waals surface area (Å²) in [5, 5.41) is 2.68. The zero-order chi connectivity index (χ0) is 26.5. The van der Waals surface area contributed by atoms with Crippen molar-refractivity contribution in [1.82, 2.24) is 4.90 Å². The number of ether oxygens (including phenoxy) is 2. The fourth-order valence-electron chi connectivity index (χ4n) is 6.21. The number of esters is 1. The van der Waals surface area contributed by atoms with Gasteiger partial charge in [-0.05, 0) is 65.5 Å². The van der Waals surface area contributed by atoms with Gasteiger partial charge in [0.25, 0.3) is 0 Å². The summed E-state index contributed by atoms with van der Waals surface area (Å²) in [5.74, 6) is 0.219. The van der Waals surface area contributed by atoms with Crippen molar-refractivity contribution in [3.05, 3.63) is 83.4 Å². The minimum Gasteiger partial charge on any atom is -0.469 e. The number of amides is 1. The molecule has 0 radical (unpaired) electrons. The molecule has 5 rings (SSSR count). The molecule has 200 valence electrons. The molecule has 2 aliphatic rings. The third-order valence-electron chi connectivity index (χ3n) is 8.67. The Kier molecular flexibility index (Phi) is 8.13. The van der Waals surface area contributed by atoms with Crippen molar-refractivity contribution in [2.75, 3.05) is 33.4 Å². The van der Waals surface area contributed by atoms with Crippen LogP contribution in [0.25, 0.3) is 10.8 Å². The molecule has 2 saturated heterocycles. The van der Waals surface area contributed by atoms with Crippen LogP contribution in [0.4, 0.5) is 0 Å². The van der Waals surface area contributed by atoms with Gasteiger partial charge in [0.2, 0.25) is 5.91 Å². The molecule has 0 saturated carbocycles. The fraction of sp³-hybridized carbons (Fsp3) is 0.455. The Bertz CT molecular complexity index is 1250. The van der Waals surface area contributed by atoms with Crippen molar-refractivity contribution >= 4 is 22.6 Å². The molecule has 38 heavy (non-hydrogen) atoms. The van der Waals surface area contributed by atoms with Crippen LogP contribution in [0.3, 0.4) is 0 Å². The molecular formula is C33H39NO4. The van der Waals surface area contributed by atoms with Crippen molar-refractivity contribution in [1.29, 1.82) is 0 Å². The predicted octanol–water partition coefficient (Wildman–Crippen LogP) is 6.04. The topological polar surface area (TPSA) is 55.8 Å². The van der Waals surface area contributed by atoms with Gasteiger partial charge in [0.1, 0.15) is 0 Å². The lowest BCUT2D eigenvalue weighted by atomic mass is 9.72. The monoisotopic (exact) mass is 513 g/mol. The maximum Gasteiger partial charge on any atom is 0.312 e. The van der Waals surface area contributed by atoms with Crippen LogP contribution in [0.2, 0.25) is 0 Å². The molecule has 1 amide bonds. The van der Waals surface area contributed by atoms with Gasteiger partial charge in [0.05, 0.1) is 18.4 Å². The molecule has 5 heteroatoms. The number of carbonyl (C=O) groups is 2. The largest absolute Gasteiger partial charge is 0.469 e. The van der Waals surface area contributed by atoms with E-state index in [1.807, 2.05) is 4.90 Å². The Morgan fingerprint density at radius 3 is 2.42 bits per heavy atom. The quantitative estimate of drug-likeness (QED) is 0.259. The Labute approximate surface area is 226 Å². The van der Waals surface area contributed by atoms with Crippen molar-refractivity contribution in [2.24, 2.45) is 5.92 Å². The highest BCUT2D eigenvalue weighted by Crippen LogP contribution is 2.39. The summed E-state index contributed by atoms with van der Waals surface area (Å²) in [6.07, 6.45) is 5.90. The highest BCUT2D eigenvalue weighted by atomic mass is 16.5. The van der Waals surface area contributed by atoms with Crippen molar-refractivity contribution in [3.63, 3.8) is 0 Å². The van der Waals surface area contributed by atoms with Gasteiger partial charge >= 0.3 is 5.97 Å². The third kappa shape index (κ3) is 5.35. The molecular weight excluding hydrogens is 474 g/mol. The van der Waals surface area contributed by atoms with Gasteiger partial charge in [-0.25, -0.2) is 0 Å². The number of benzene rings is 3. The first-order valence-electron chi connectivity index (χ1n) is 14.0. The van der Waals surface area contributed by atoms with E-state index in [4.69, 9.17) is 9.47 Å². The van der Waals surface area contributed by atoms with E-state index in [0.29, 0.717) is 45.1 Å². The molecule has 5 nitrogen and oxygen atoms in total. The molecule has 2 aliphatic heterocycles. The maximum atomic E-state index is 13.6. The molecule has 3 aromatic carbocycles. The van der Waals surface area contributed by atoms with Crippen LogP contribution >= 0.6 is 0 Å². The van der Waals surface area contributed by atoms with E-state index in [0.717, 1.165) is 18.4 Å². The van der Waals surface area contributed by atoms with E-state index in [1.165, 1.54) is 41.9 Å². The van der Waals surface area contributed by atoms with Gasteiger partial charge < -0.3 is 14.4 Å². The lowest BCUT2D eigenvalue weighted by Gasteiger charge is -2.45. The summed E-state index contributed by atoms with van der Waals surface area (Å²) in [7, 11) is 1.40. The second-order valence-electron chi connectivity index (χ2n) is 11.0. The zero-order valence-corrected chi connectivity index (χ0v) is 22.7. The summed E-state index contributed by atoms with van der Waals surface area (Å²) in [5.41, 5.74) is 3.27. The number of aryl methyl sites for hydroxylation is 1. The van der Waals surface area contributed by atoms with Crippen LogP contribution in [0, 0.1) is 5.92 Å². The summed E-state index contributed by atoms with van der Waals surface area (Å²) in [6.45, 7) is 4.40. The second kappa shape index (κ2) is 11.7.